The molecule has 0 fully saturated rings. The lowest BCUT2D eigenvalue weighted by molar-refractivity contribution is 0.112. The quantitative estimate of drug-likeness (QED) is 0.788. The summed E-state index contributed by atoms with van der Waals surface area (Å²) in [6.45, 7) is 5.03. The van der Waals surface area contributed by atoms with Crippen molar-refractivity contribution in [3.63, 3.8) is 0 Å². The van der Waals surface area contributed by atoms with Crippen molar-refractivity contribution in [3.05, 3.63) is 41.0 Å². The van der Waals surface area contributed by atoms with Gasteiger partial charge >= 0.3 is 0 Å². The second-order valence-corrected chi connectivity index (χ2v) is 5.11. The summed E-state index contributed by atoms with van der Waals surface area (Å²) < 4.78 is 1.82. The van der Waals surface area contributed by atoms with Crippen molar-refractivity contribution in [2.24, 2.45) is 5.92 Å². The number of hydrogen-bond donors (Lipinski definition) is 0. The van der Waals surface area contributed by atoms with E-state index in [-0.39, 0.29) is 0 Å². The molecule has 2 aromatic rings. The molecular formula is C14H15ClN2O. The van der Waals surface area contributed by atoms with E-state index in [9.17, 15) is 4.79 Å². The van der Waals surface area contributed by atoms with Crippen molar-refractivity contribution in [2.45, 2.75) is 20.4 Å². The fourth-order valence-corrected chi connectivity index (χ4v) is 1.95. The van der Waals surface area contributed by atoms with Gasteiger partial charge in [-0.3, -0.25) is 9.48 Å². The van der Waals surface area contributed by atoms with E-state index in [0.29, 0.717) is 22.2 Å². The summed E-state index contributed by atoms with van der Waals surface area (Å²) in [4.78, 5) is 11.1. The van der Waals surface area contributed by atoms with Gasteiger partial charge in [-0.15, -0.1) is 0 Å². The van der Waals surface area contributed by atoms with Gasteiger partial charge in [0.25, 0.3) is 0 Å². The Kier molecular flexibility index (Phi) is 3.82. The first-order valence-corrected chi connectivity index (χ1v) is 6.26. The molecule has 0 saturated heterocycles. The summed E-state index contributed by atoms with van der Waals surface area (Å²) >= 11 is 5.85. The molecule has 0 spiro atoms. The van der Waals surface area contributed by atoms with Crippen LogP contribution < -0.4 is 0 Å². The first-order valence-electron chi connectivity index (χ1n) is 5.88. The second kappa shape index (κ2) is 5.36. The topological polar surface area (TPSA) is 34.9 Å². The number of aldehydes is 1. The Hall–Kier alpha value is -1.61. The van der Waals surface area contributed by atoms with Crippen LogP contribution >= 0.6 is 11.6 Å². The number of benzene rings is 1. The molecule has 0 aliphatic carbocycles. The highest BCUT2D eigenvalue weighted by molar-refractivity contribution is 6.30. The SMILES string of the molecule is CC(C)Cn1cc(C=O)c(-c2ccc(Cl)cc2)n1. The fraction of sp³-hybridized carbons (Fsp3) is 0.286. The summed E-state index contributed by atoms with van der Waals surface area (Å²) in [6, 6.07) is 7.34. The minimum Gasteiger partial charge on any atom is -0.298 e. The van der Waals surface area contributed by atoms with E-state index >= 15 is 0 Å². The standard InChI is InChI=1S/C14H15ClN2O/c1-10(2)7-17-8-12(9-18)14(16-17)11-3-5-13(15)6-4-11/h3-6,8-10H,7H2,1-2H3. The monoisotopic (exact) mass is 262 g/mol. The maximum absolute atomic E-state index is 11.1. The molecule has 0 N–H and O–H groups in total. The zero-order valence-corrected chi connectivity index (χ0v) is 11.2. The van der Waals surface area contributed by atoms with E-state index in [1.54, 1.807) is 18.3 Å². The van der Waals surface area contributed by atoms with Crippen LogP contribution in [-0.4, -0.2) is 16.1 Å². The molecule has 0 bridgehead atoms. The highest BCUT2D eigenvalue weighted by Crippen LogP contribution is 2.23. The van der Waals surface area contributed by atoms with Crippen molar-refractivity contribution in [1.29, 1.82) is 0 Å². The van der Waals surface area contributed by atoms with Crippen molar-refractivity contribution in [1.82, 2.24) is 9.78 Å². The van der Waals surface area contributed by atoms with Gasteiger partial charge in [-0.05, 0) is 18.1 Å². The lowest BCUT2D eigenvalue weighted by atomic mass is 10.1. The van der Waals surface area contributed by atoms with Gasteiger partial charge in [0.05, 0.1) is 5.56 Å². The lowest BCUT2D eigenvalue weighted by Gasteiger charge is -2.03. The molecule has 0 saturated carbocycles. The minimum atomic E-state index is 0.488. The number of hydrogen-bond acceptors (Lipinski definition) is 2. The van der Waals surface area contributed by atoms with Crippen LogP contribution in [0.1, 0.15) is 24.2 Å². The summed E-state index contributed by atoms with van der Waals surface area (Å²) in [5, 5.41) is 5.14. The summed E-state index contributed by atoms with van der Waals surface area (Å²) in [5.41, 5.74) is 2.23. The number of carbonyl (C=O) groups excluding carboxylic acids is 1. The average Bonchev–Trinajstić information content (AvgIpc) is 2.72. The molecule has 1 aromatic carbocycles. The predicted octanol–water partition coefficient (Wildman–Crippen LogP) is 3.67. The summed E-state index contributed by atoms with van der Waals surface area (Å²) in [6.07, 6.45) is 2.63. The Balaban J connectivity index is 2.39. The van der Waals surface area contributed by atoms with Crippen LogP contribution in [-0.2, 0) is 6.54 Å². The Bertz CT molecular complexity index is 543. The number of aromatic nitrogens is 2. The fourth-order valence-electron chi connectivity index (χ4n) is 1.82. The Labute approximate surface area is 111 Å². The second-order valence-electron chi connectivity index (χ2n) is 4.67. The highest BCUT2D eigenvalue weighted by atomic mass is 35.5. The van der Waals surface area contributed by atoms with Gasteiger partial charge in [0.15, 0.2) is 6.29 Å². The molecular weight excluding hydrogens is 248 g/mol. The van der Waals surface area contributed by atoms with E-state index in [4.69, 9.17) is 11.6 Å². The van der Waals surface area contributed by atoms with Gasteiger partial charge < -0.3 is 0 Å². The Morgan fingerprint density at radius 2 is 2.00 bits per heavy atom. The maximum atomic E-state index is 11.1. The summed E-state index contributed by atoms with van der Waals surface area (Å²) in [7, 11) is 0. The molecule has 3 nitrogen and oxygen atoms in total. The number of halogens is 1. The third-order valence-corrected chi connectivity index (χ3v) is 2.84. The minimum absolute atomic E-state index is 0.488. The number of nitrogens with zero attached hydrogens (tertiary/aromatic N) is 2. The molecule has 94 valence electrons. The van der Waals surface area contributed by atoms with Crippen LogP contribution in [0.5, 0.6) is 0 Å². The van der Waals surface area contributed by atoms with E-state index < -0.39 is 0 Å². The van der Waals surface area contributed by atoms with E-state index in [0.717, 1.165) is 18.4 Å². The molecule has 0 radical (unpaired) electrons. The van der Waals surface area contributed by atoms with Crippen molar-refractivity contribution in [3.8, 4) is 11.3 Å². The molecule has 0 aliphatic heterocycles. The first-order chi connectivity index (χ1) is 8.60. The van der Waals surface area contributed by atoms with Crippen LogP contribution in [0.25, 0.3) is 11.3 Å². The van der Waals surface area contributed by atoms with Gasteiger partial charge in [0.1, 0.15) is 5.69 Å². The molecule has 4 heteroatoms. The number of carbonyl (C=O) groups is 1. The molecule has 1 aromatic heterocycles. The Morgan fingerprint density at radius 3 is 2.56 bits per heavy atom. The molecule has 0 aliphatic rings. The van der Waals surface area contributed by atoms with Gasteiger partial charge in [-0.2, -0.15) is 5.10 Å². The lowest BCUT2D eigenvalue weighted by Crippen LogP contribution is -2.04. The van der Waals surface area contributed by atoms with Crippen LogP contribution in [0.3, 0.4) is 0 Å². The molecule has 0 unspecified atom stereocenters. The van der Waals surface area contributed by atoms with Crippen molar-refractivity contribution >= 4 is 17.9 Å². The Morgan fingerprint density at radius 1 is 1.33 bits per heavy atom. The molecule has 2 rings (SSSR count). The molecule has 0 atom stereocenters. The van der Waals surface area contributed by atoms with Crippen molar-refractivity contribution in [2.75, 3.05) is 0 Å². The third kappa shape index (κ3) is 2.79. The smallest absolute Gasteiger partial charge is 0.153 e. The zero-order chi connectivity index (χ0) is 13.1. The maximum Gasteiger partial charge on any atom is 0.153 e. The van der Waals surface area contributed by atoms with Crippen LogP contribution in [0.2, 0.25) is 5.02 Å². The van der Waals surface area contributed by atoms with Crippen LogP contribution in [0.15, 0.2) is 30.5 Å². The van der Waals surface area contributed by atoms with E-state index in [2.05, 4.69) is 18.9 Å². The molecule has 18 heavy (non-hydrogen) atoms. The van der Waals surface area contributed by atoms with E-state index in [1.807, 2.05) is 16.8 Å². The van der Waals surface area contributed by atoms with Crippen LogP contribution in [0.4, 0.5) is 0 Å². The zero-order valence-electron chi connectivity index (χ0n) is 10.4. The molecule has 1 heterocycles. The number of rotatable bonds is 4. The normalized spacial score (nSPS) is 10.9. The van der Waals surface area contributed by atoms with Gasteiger partial charge in [0.2, 0.25) is 0 Å². The van der Waals surface area contributed by atoms with Gasteiger partial charge in [-0.25, -0.2) is 0 Å². The summed E-state index contributed by atoms with van der Waals surface area (Å²) in [5.74, 6) is 0.488. The van der Waals surface area contributed by atoms with Gasteiger partial charge in [0, 0.05) is 23.3 Å². The average molecular weight is 263 g/mol. The van der Waals surface area contributed by atoms with Crippen LogP contribution in [0, 0.1) is 5.92 Å². The van der Waals surface area contributed by atoms with E-state index in [1.165, 1.54) is 0 Å². The van der Waals surface area contributed by atoms with Crippen molar-refractivity contribution < 1.29 is 4.79 Å². The van der Waals surface area contributed by atoms with Gasteiger partial charge in [-0.1, -0.05) is 37.6 Å². The largest absolute Gasteiger partial charge is 0.298 e. The third-order valence-electron chi connectivity index (χ3n) is 2.59. The predicted molar refractivity (Wildman–Crippen MR) is 72.9 cm³/mol. The highest BCUT2D eigenvalue weighted by Gasteiger charge is 2.11. The molecule has 0 amide bonds. The first kappa shape index (κ1) is 12.8.